The molecule has 0 saturated heterocycles. The number of halogens is 2. The van der Waals surface area contributed by atoms with Crippen molar-refractivity contribution in [2.75, 3.05) is 11.4 Å². The van der Waals surface area contributed by atoms with Gasteiger partial charge in [0.15, 0.2) is 5.17 Å². The molecule has 4 rings (SSSR count). The number of hydrogen-bond acceptors (Lipinski definition) is 6. The summed E-state index contributed by atoms with van der Waals surface area (Å²) in [5.41, 5.74) is 4.36. The smallest absolute Gasteiger partial charge is 0.269 e. The monoisotopic (exact) mass is 424 g/mol. The van der Waals surface area contributed by atoms with E-state index in [1.54, 1.807) is 17.0 Å². The number of thioether (sulfide) groups is 1. The van der Waals surface area contributed by atoms with Gasteiger partial charge in [-0.25, -0.2) is 4.39 Å². The third kappa shape index (κ3) is 3.30. The fourth-order valence-electron chi connectivity index (χ4n) is 3.15. The summed E-state index contributed by atoms with van der Waals surface area (Å²) in [6.45, 7) is 4.78. The average molecular weight is 425 g/mol. The minimum absolute atomic E-state index is 0.0149. The number of hydrazone groups is 1. The maximum atomic E-state index is 14.1. The zero-order valence-electron chi connectivity index (χ0n) is 14.8. The van der Waals surface area contributed by atoms with Gasteiger partial charge < -0.3 is 0 Å². The highest BCUT2D eigenvalue weighted by Gasteiger charge is 2.43. The summed E-state index contributed by atoms with van der Waals surface area (Å²) < 4.78 is 14.1. The predicted octanol–water partition coefficient (Wildman–Crippen LogP) is 4.55. The lowest BCUT2D eigenvalue weighted by Gasteiger charge is -2.40. The molecule has 1 aromatic carbocycles. The van der Waals surface area contributed by atoms with Crippen LogP contribution in [-0.2, 0) is 5.75 Å². The Kier molecular flexibility index (Phi) is 5.05. The Balaban J connectivity index is 1.60. The Labute approximate surface area is 170 Å². The number of benzene rings is 1. The molecule has 27 heavy (non-hydrogen) atoms. The van der Waals surface area contributed by atoms with Crippen LogP contribution < -0.4 is 10.3 Å². The lowest BCUT2D eigenvalue weighted by atomic mass is 10.1. The maximum absolute atomic E-state index is 14.1. The number of rotatable bonds is 4. The van der Waals surface area contributed by atoms with Gasteiger partial charge in [-0.15, -0.1) is 11.3 Å². The lowest BCUT2D eigenvalue weighted by Crippen LogP contribution is -2.58. The molecule has 0 radical (unpaired) electrons. The third-order valence-corrected chi connectivity index (χ3v) is 6.57. The first-order valence-electron chi connectivity index (χ1n) is 8.54. The Morgan fingerprint density at radius 3 is 2.96 bits per heavy atom. The van der Waals surface area contributed by atoms with Crippen LogP contribution in [0.5, 0.6) is 0 Å². The molecule has 0 aliphatic carbocycles. The lowest BCUT2D eigenvalue weighted by molar-refractivity contribution is 0.0619. The number of nitrogens with zero attached hydrogens (tertiary/aromatic N) is 3. The fraction of sp³-hybridized carbons (Fsp3) is 0.333. The Bertz CT molecular complexity index is 896. The van der Waals surface area contributed by atoms with Gasteiger partial charge >= 0.3 is 0 Å². The second kappa shape index (κ2) is 7.33. The van der Waals surface area contributed by atoms with Crippen LogP contribution in [0.3, 0.4) is 0 Å². The van der Waals surface area contributed by atoms with Crippen LogP contribution in [0.15, 0.2) is 34.7 Å². The second-order valence-electron chi connectivity index (χ2n) is 6.74. The normalized spacial score (nSPS) is 18.5. The molecule has 0 bridgehead atoms. The molecule has 0 fully saturated rings. The molecule has 0 saturated carbocycles. The quantitative estimate of drug-likeness (QED) is 0.782. The third-order valence-electron chi connectivity index (χ3n) is 4.35. The molecule has 5 nitrogen and oxygen atoms in total. The molecule has 2 aromatic rings. The number of amidine groups is 1. The summed E-state index contributed by atoms with van der Waals surface area (Å²) in [6, 6.07) is 6.60. The van der Waals surface area contributed by atoms with E-state index in [0.29, 0.717) is 38.8 Å². The van der Waals surface area contributed by atoms with E-state index in [2.05, 4.69) is 24.4 Å². The number of nitrogens with one attached hydrogen (secondary N) is 1. The zero-order chi connectivity index (χ0) is 19.1. The summed E-state index contributed by atoms with van der Waals surface area (Å²) in [4.78, 5) is 17.4. The van der Waals surface area contributed by atoms with Gasteiger partial charge in [-0.05, 0) is 29.5 Å². The van der Waals surface area contributed by atoms with Crippen LogP contribution in [0.1, 0.15) is 29.1 Å². The highest BCUT2D eigenvalue weighted by Crippen LogP contribution is 2.39. The summed E-state index contributed by atoms with van der Waals surface area (Å²) in [5.74, 6) is 0.367. The summed E-state index contributed by atoms with van der Waals surface area (Å²) in [5, 5.41) is 7.43. The van der Waals surface area contributed by atoms with Gasteiger partial charge in [0.25, 0.3) is 5.91 Å². The van der Waals surface area contributed by atoms with Crippen LogP contribution >= 0.6 is 34.7 Å². The number of carbonyl (C=O) groups is 1. The second-order valence-corrected chi connectivity index (χ2v) is 9.01. The van der Waals surface area contributed by atoms with E-state index in [0.717, 1.165) is 5.69 Å². The molecule has 1 amide bonds. The molecule has 2 aliphatic heterocycles. The molecule has 1 aromatic heterocycles. The number of hydrogen-bond donors (Lipinski definition) is 1. The van der Waals surface area contributed by atoms with Crippen molar-refractivity contribution in [2.24, 2.45) is 11.0 Å². The van der Waals surface area contributed by atoms with Crippen LogP contribution in [0.25, 0.3) is 0 Å². The van der Waals surface area contributed by atoms with E-state index in [-0.39, 0.29) is 18.0 Å². The number of amides is 1. The van der Waals surface area contributed by atoms with E-state index in [4.69, 9.17) is 11.6 Å². The fourth-order valence-corrected chi connectivity index (χ4v) is 5.32. The van der Waals surface area contributed by atoms with Crippen molar-refractivity contribution in [1.82, 2.24) is 10.3 Å². The van der Waals surface area contributed by atoms with Crippen molar-refractivity contribution in [3.05, 3.63) is 50.9 Å². The van der Waals surface area contributed by atoms with Crippen LogP contribution in [-0.4, -0.2) is 28.8 Å². The number of thiophene rings is 1. The highest BCUT2D eigenvalue weighted by atomic mass is 35.5. The largest absolute Gasteiger partial charge is 0.298 e. The molecule has 142 valence electrons. The van der Waals surface area contributed by atoms with Gasteiger partial charge in [0.05, 0.1) is 5.69 Å². The molecule has 3 heterocycles. The summed E-state index contributed by atoms with van der Waals surface area (Å²) in [6.07, 6.45) is -0.361. The highest BCUT2D eigenvalue weighted by molar-refractivity contribution is 8.13. The van der Waals surface area contributed by atoms with Gasteiger partial charge in [0.2, 0.25) is 6.29 Å². The number of carbonyl (C=O) groups excluding carboxylic acids is 1. The summed E-state index contributed by atoms with van der Waals surface area (Å²) in [7, 11) is 0. The molecule has 0 spiro atoms. The number of fused-ring (bicyclic) bond motifs is 3. The zero-order valence-corrected chi connectivity index (χ0v) is 17.2. The van der Waals surface area contributed by atoms with Crippen molar-refractivity contribution in [3.8, 4) is 0 Å². The van der Waals surface area contributed by atoms with Crippen LogP contribution in [0, 0.1) is 11.7 Å². The molecule has 1 N–H and O–H groups in total. The Hall–Kier alpha value is -1.77. The Morgan fingerprint density at radius 1 is 1.41 bits per heavy atom. The minimum atomic E-state index is -0.361. The van der Waals surface area contributed by atoms with E-state index in [1.807, 2.05) is 16.3 Å². The standard InChI is InChI=1S/C18H18ClFN4OS2/c1-10(2)8-23-16(25)15-14(6-7-26-15)24-17(23)21-22-18(24)27-9-11-12(19)4-3-5-13(11)20/h3-7,10,17,21H,8-9H2,1-2H3. The molecular weight excluding hydrogens is 407 g/mol. The van der Waals surface area contributed by atoms with Crippen molar-refractivity contribution >= 4 is 51.5 Å². The van der Waals surface area contributed by atoms with E-state index in [9.17, 15) is 9.18 Å². The molecular formula is C18H18ClFN4OS2. The molecule has 1 atom stereocenters. The SMILES string of the molecule is CC(C)CN1C(=O)c2sccc2N2C(SCc3c(F)cccc3Cl)=NNC12. The first-order valence-corrected chi connectivity index (χ1v) is 10.8. The van der Waals surface area contributed by atoms with Crippen molar-refractivity contribution in [3.63, 3.8) is 0 Å². The first-order chi connectivity index (χ1) is 13.0. The predicted molar refractivity (Wildman–Crippen MR) is 110 cm³/mol. The van der Waals surface area contributed by atoms with Crippen LogP contribution in [0.2, 0.25) is 5.02 Å². The van der Waals surface area contributed by atoms with E-state index in [1.165, 1.54) is 29.2 Å². The first kappa shape index (κ1) is 18.6. The minimum Gasteiger partial charge on any atom is -0.298 e. The average Bonchev–Trinajstić information content (AvgIpc) is 3.24. The topological polar surface area (TPSA) is 47.9 Å². The molecule has 2 aliphatic rings. The van der Waals surface area contributed by atoms with Crippen LogP contribution in [0.4, 0.5) is 10.1 Å². The van der Waals surface area contributed by atoms with Crippen molar-refractivity contribution in [1.29, 1.82) is 0 Å². The number of anilines is 1. The van der Waals surface area contributed by atoms with E-state index < -0.39 is 0 Å². The van der Waals surface area contributed by atoms with Gasteiger partial charge in [-0.2, -0.15) is 5.10 Å². The van der Waals surface area contributed by atoms with Gasteiger partial charge in [-0.1, -0.05) is 43.3 Å². The van der Waals surface area contributed by atoms with E-state index >= 15 is 0 Å². The van der Waals surface area contributed by atoms with Crippen molar-refractivity contribution < 1.29 is 9.18 Å². The molecule has 1 unspecified atom stereocenters. The Morgan fingerprint density at radius 2 is 2.22 bits per heavy atom. The summed E-state index contributed by atoms with van der Waals surface area (Å²) >= 11 is 8.97. The van der Waals surface area contributed by atoms with Gasteiger partial charge in [0, 0.05) is 22.9 Å². The van der Waals surface area contributed by atoms with Gasteiger partial charge in [0.1, 0.15) is 10.7 Å². The maximum Gasteiger partial charge on any atom is 0.269 e. The van der Waals surface area contributed by atoms with Gasteiger partial charge in [-0.3, -0.25) is 20.0 Å². The van der Waals surface area contributed by atoms with Crippen molar-refractivity contribution in [2.45, 2.75) is 25.9 Å². The molecule has 9 heteroatoms.